The van der Waals surface area contributed by atoms with Gasteiger partial charge in [-0.2, -0.15) is 4.68 Å². The summed E-state index contributed by atoms with van der Waals surface area (Å²) >= 11 is 0. The van der Waals surface area contributed by atoms with E-state index < -0.39 is 5.76 Å². The Morgan fingerprint density at radius 1 is 1.00 bits per heavy atom. The van der Waals surface area contributed by atoms with Crippen LogP contribution in [0.3, 0.4) is 0 Å². The van der Waals surface area contributed by atoms with E-state index >= 15 is 0 Å². The van der Waals surface area contributed by atoms with Crippen molar-refractivity contribution in [1.29, 1.82) is 0 Å². The largest absolute Gasteiger partial charge is 0.508 e. The van der Waals surface area contributed by atoms with Crippen molar-refractivity contribution in [1.82, 2.24) is 9.78 Å². The number of aromatic hydroxyl groups is 1. The van der Waals surface area contributed by atoms with Crippen LogP contribution in [-0.2, 0) is 6.42 Å². The van der Waals surface area contributed by atoms with E-state index in [2.05, 4.69) is 17.2 Å². The molecule has 25 heavy (non-hydrogen) atoms. The number of hydrogen-bond donors (Lipinski definition) is 1. The van der Waals surface area contributed by atoms with Gasteiger partial charge in [0.05, 0.1) is 12.3 Å². The molecule has 0 radical (unpaired) electrons. The van der Waals surface area contributed by atoms with E-state index in [9.17, 15) is 9.90 Å². The summed E-state index contributed by atoms with van der Waals surface area (Å²) in [6.45, 7) is 0.449. The third kappa shape index (κ3) is 4.73. The van der Waals surface area contributed by atoms with Crippen molar-refractivity contribution < 1.29 is 14.3 Å². The molecule has 0 saturated carbocycles. The number of rotatable bonds is 8. The molecule has 3 aromatic rings. The number of phenols is 1. The molecular formula is C19H20N2O4. The smallest absolute Gasteiger partial charge is 0.444 e. The minimum Gasteiger partial charge on any atom is -0.508 e. The number of aryl methyl sites for hydroxylation is 1. The summed E-state index contributed by atoms with van der Waals surface area (Å²) in [5, 5.41) is 13.3. The lowest BCUT2D eigenvalue weighted by Gasteiger charge is -2.02. The molecule has 1 aromatic heterocycles. The van der Waals surface area contributed by atoms with Crippen LogP contribution in [0.1, 0.15) is 24.8 Å². The van der Waals surface area contributed by atoms with Crippen molar-refractivity contribution in [2.24, 2.45) is 0 Å². The first-order chi connectivity index (χ1) is 12.2. The molecular weight excluding hydrogens is 320 g/mol. The van der Waals surface area contributed by atoms with Gasteiger partial charge in [-0.05, 0) is 55.5 Å². The molecule has 0 bridgehead atoms. The van der Waals surface area contributed by atoms with Crippen LogP contribution in [0.15, 0.2) is 63.8 Å². The summed E-state index contributed by atoms with van der Waals surface area (Å²) in [5.74, 6) is -0.503. The molecule has 6 nitrogen and oxygen atoms in total. The fourth-order valence-corrected chi connectivity index (χ4v) is 2.49. The number of phenolic OH excluding ortho intramolecular Hbond substituents is 1. The first-order valence-electron chi connectivity index (χ1n) is 8.29. The highest BCUT2D eigenvalue weighted by Crippen LogP contribution is 2.13. The summed E-state index contributed by atoms with van der Waals surface area (Å²) in [5.41, 5.74) is 1.84. The van der Waals surface area contributed by atoms with Crippen LogP contribution < -0.4 is 10.5 Å². The molecule has 1 N–H and O–H groups in total. The quantitative estimate of drug-likeness (QED) is 0.637. The lowest BCUT2D eigenvalue weighted by molar-refractivity contribution is 0.219. The Morgan fingerprint density at radius 3 is 2.52 bits per heavy atom. The maximum atomic E-state index is 11.8. The standard InChI is InChI=1S/C19H20N2O4/c22-17-12-10-16(11-13-17)21-19(23)25-18(20-21)24-14-6-2-5-9-15-7-3-1-4-8-15/h1,3-4,7-8,10-13,22H,2,5-6,9,14H2. The lowest BCUT2D eigenvalue weighted by atomic mass is 10.1. The minimum absolute atomic E-state index is 0.0406. The second kappa shape index (κ2) is 8.19. The number of unbranched alkanes of at least 4 members (excludes halogenated alkanes) is 2. The predicted octanol–water partition coefficient (Wildman–Crippen LogP) is 3.32. The van der Waals surface area contributed by atoms with Crippen LogP contribution in [0.25, 0.3) is 5.69 Å². The van der Waals surface area contributed by atoms with Gasteiger partial charge in [0, 0.05) is 0 Å². The molecule has 0 amide bonds. The predicted molar refractivity (Wildman–Crippen MR) is 93.3 cm³/mol. The molecule has 130 valence electrons. The van der Waals surface area contributed by atoms with Crippen LogP contribution in [0.2, 0.25) is 0 Å². The van der Waals surface area contributed by atoms with E-state index in [1.165, 1.54) is 17.7 Å². The Morgan fingerprint density at radius 2 is 1.76 bits per heavy atom. The van der Waals surface area contributed by atoms with Gasteiger partial charge < -0.3 is 14.3 Å². The second-order valence-corrected chi connectivity index (χ2v) is 5.71. The fourth-order valence-electron chi connectivity index (χ4n) is 2.49. The Kier molecular flexibility index (Phi) is 5.51. The maximum Gasteiger partial charge on any atom is 0.444 e. The molecule has 0 aliphatic carbocycles. The zero-order valence-electron chi connectivity index (χ0n) is 13.8. The zero-order valence-corrected chi connectivity index (χ0v) is 13.8. The van der Waals surface area contributed by atoms with Gasteiger partial charge in [0.1, 0.15) is 5.75 Å². The lowest BCUT2D eigenvalue weighted by Crippen LogP contribution is -2.13. The number of ether oxygens (including phenoxy) is 1. The van der Waals surface area contributed by atoms with Gasteiger partial charge in [-0.3, -0.25) is 0 Å². The Labute approximate surface area is 145 Å². The van der Waals surface area contributed by atoms with E-state index in [4.69, 9.17) is 9.15 Å². The molecule has 0 spiro atoms. The van der Waals surface area contributed by atoms with Gasteiger partial charge in [0.2, 0.25) is 0 Å². The average Bonchev–Trinajstić information content (AvgIpc) is 3.00. The fraction of sp³-hybridized carbons (Fsp3) is 0.263. The van der Waals surface area contributed by atoms with Crippen molar-refractivity contribution in [3.05, 3.63) is 70.7 Å². The van der Waals surface area contributed by atoms with E-state index in [0.717, 1.165) is 30.4 Å². The normalized spacial score (nSPS) is 10.7. The molecule has 0 atom stereocenters. The highest BCUT2D eigenvalue weighted by molar-refractivity contribution is 5.35. The van der Waals surface area contributed by atoms with E-state index in [1.807, 2.05) is 18.2 Å². The van der Waals surface area contributed by atoms with Gasteiger partial charge in [-0.25, -0.2) is 4.79 Å². The van der Waals surface area contributed by atoms with Crippen molar-refractivity contribution in [3.8, 4) is 17.5 Å². The van der Waals surface area contributed by atoms with Crippen molar-refractivity contribution in [2.75, 3.05) is 6.61 Å². The van der Waals surface area contributed by atoms with Crippen LogP contribution in [0.4, 0.5) is 0 Å². The molecule has 0 saturated heterocycles. The Balaban J connectivity index is 1.44. The van der Waals surface area contributed by atoms with Crippen LogP contribution in [-0.4, -0.2) is 21.5 Å². The maximum absolute atomic E-state index is 11.8. The molecule has 2 aromatic carbocycles. The third-order valence-electron chi connectivity index (χ3n) is 3.80. The van der Waals surface area contributed by atoms with Crippen molar-refractivity contribution in [3.63, 3.8) is 0 Å². The van der Waals surface area contributed by atoms with E-state index in [-0.39, 0.29) is 11.8 Å². The highest BCUT2D eigenvalue weighted by atomic mass is 16.6. The summed E-state index contributed by atoms with van der Waals surface area (Å²) < 4.78 is 11.5. The van der Waals surface area contributed by atoms with Crippen LogP contribution in [0.5, 0.6) is 11.8 Å². The molecule has 1 heterocycles. The van der Waals surface area contributed by atoms with Crippen LogP contribution >= 0.6 is 0 Å². The summed E-state index contributed by atoms with van der Waals surface area (Å²) in [4.78, 5) is 11.8. The topological polar surface area (TPSA) is 77.5 Å². The second-order valence-electron chi connectivity index (χ2n) is 5.71. The molecule has 3 rings (SSSR count). The van der Waals surface area contributed by atoms with Gasteiger partial charge in [-0.15, -0.1) is 0 Å². The molecule has 0 aliphatic heterocycles. The van der Waals surface area contributed by atoms with Gasteiger partial charge in [0.15, 0.2) is 0 Å². The highest BCUT2D eigenvalue weighted by Gasteiger charge is 2.10. The van der Waals surface area contributed by atoms with Gasteiger partial charge in [0.25, 0.3) is 0 Å². The Bertz CT molecular complexity index is 838. The van der Waals surface area contributed by atoms with E-state index in [1.54, 1.807) is 12.1 Å². The first kappa shape index (κ1) is 16.8. The third-order valence-corrected chi connectivity index (χ3v) is 3.80. The summed E-state index contributed by atoms with van der Waals surface area (Å²) in [6.07, 6.45) is 3.98. The van der Waals surface area contributed by atoms with Crippen molar-refractivity contribution in [2.45, 2.75) is 25.7 Å². The summed E-state index contributed by atoms with van der Waals surface area (Å²) in [6, 6.07) is 16.5. The zero-order chi connectivity index (χ0) is 17.5. The monoisotopic (exact) mass is 340 g/mol. The molecule has 6 heteroatoms. The number of aromatic nitrogens is 2. The van der Waals surface area contributed by atoms with Gasteiger partial charge in [-0.1, -0.05) is 35.4 Å². The molecule has 0 aliphatic rings. The summed E-state index contributed by atoms with van der Waals surface area (Å²) in [7, 11) is 0. The average molecular weight is 340 g/mol. The van der Waals surface area contributed by atoms with E-state index in [0.29, 0.717) is 12.3 Å². The SMILES string of the molecule is O=c1oc(OCCCCCc2ccccc2)nn1-c1ccc(O)cc1. The minimum atomic E-state index is -0.621. The van der Waals surface area contributed by atoms with Gasteiger partial charge >= 0.3 is 11.8 Å². The molecule has 0 unspecified atom stereocenters. The van der Waals surface area contributed by atoms with Crippen LogP contribution in [0, 0.1) is 0 Å². The van der Waals surface area contributed by atoms with Crippen molar-refractivity contribution >= 4 is 0 Å². The number of nitrogens with zero attached hydrogens (tertiary/aromatic N) is 2. The number of hydrogen-bond acceptors (Lipinski definition) is 5. The Hall–Kier alpha value is -3.02. The first-order valence-corrected chi connectivity index (χ1v) is 8.29. The molecule has 0 fully saturated rings. The number of benzene rings is 2.